The number of carbonyl (C=O) groups excluding carboxylic acids is 3. The molecule has 9 nitrogen and oxygen atoms in total. The van der Waals surface area contributed by atoms with Gasteiger partial charge >= 0.3 is 0 Å². The van der Waals surface area contributed by atoms with Crippen LogP contribution in [-0.2, 0) is 19.1 Å². The van der Waals surface area contributed by atoms with Crippen LogP contribution in [0.3, 0.4) is 0 Å². The predicted molar refractivity (Wildman–Crippen MR) is 99.2 cm³/mol. The van der Waals surface area contributed by atoms with E-state index in [9.17, 15) is 42.9 Å². The molecule has 0 spiro atoms. The number of benzene rings is 1. The van der Waals surface area contributed by atoms with Crippen LogP contribution in [0.1, 0.15) is 31.0 Å². The van der Waals surface area contributed by atoms with Gasteiger partial charge in [-0.15, -0.1) is 0 Å². The van der Waals surface area contributed by atoms with E-state index in [0.29, 0.717) is 10.6 Å². The lowest BCUT2D eigenvalue weighted by Crippen LogP contribution is -2.82. The normalized spacial score (nSPS) is 32.4. The summed E-state index contributed by atoms with van der Waals surface area (Å²) in [6, 6.07) is 0.404. The average Bonchev–Trinajstić information content (AvgIpc) is 3.14. The second-order valence-electron chi connectivity index (χ2n) is 6.87. The summed E-state index contributed by atoms with van der Waals surface area (Å²) in [6.45, 7) is -5.33. The smallest absolute Gasteiger partial charge is 0.207 e. The molecule has 1 fully saturated rings. The minimum atomic E-state index is -3.84. The van der Waals surface area contributed by atoms with Gasteiger partial charge in [-0.2, -0.15) is 0 Å². The number of Topliss-reactive ketones (excluding diaryl/α,β-unsaturated/α-hetero) is 3. The molecule has 1 aromatic carbocycles. The number of hydrogen-bond acceptors (Lipinski definition) is 8. The van der Waals surface area contributed by atoms with E-state index in [1.54, 1.807) is 0 Å². The molecule has 31 heavy (non-hydrogen) atoms. The summed E-state index contributed by atoms with van der Waals surface area (Å²) in [5, 5.41) is 33.8. The maximum atomic E-state index is 14.3. The number of ether oxygens (including phenoxy) is 1. The van der Waals surface area contributed by atoms with Crippen molar-refractivity contribution in [1.82, 2.24) is 9.55 Å². The fourth-order valence-electron chi connectivity index (χ4n) is 3.58. The maximum Gasteiger partial charge on any atom is 0.207 e. The lowest BCUT2D eigenvalue weighted by Gasteiger charge is -2.55. The molecule has 3 N–H and O–H groups in total. The molecule has 1 saturated heterocycles. The Kier molecular flexibility index (Phi) is 4.51. The van der Waals surface area contributed by atoms with Crippen LogP contribution in [0, 0.1) is 17.5 Å². The van der Waals surface area contributed by atoms with Gasteiger partial charge in [-0.1, -0.05) is 0 Å². The molecule has 0 saturated carbocycles. The van der Waals surface area contributed by atoms with Crippen molar-refractivity contribution in [3.05, 3.63) is 28.3 Å². The number of carbonyl (C=O) groups is 3. The second-order valence-corrected chi connectivity index (χ2v) is 7.58. The zero-order valence-electron chi connectivity index (χ0n) is 18.4. The van der Waals surface area contributed by atoms with Gasteiger partial charge in [-0.3, -0.25) is 19.0 Å². The van der Waals surface area contributed by atoms with Crippen molar-refractivity contribution in [2.45, 2.75) is 43.7 Å². The van der Waals surface area contributed by atoms with Crippen LogP contribution in [-0.4, -0.2) is 65.6 Å². The quantitative estimate of drug-likeness (QED) is 0.510. The van der Waals surface area contributed by atoms with Crippen LogP contribution in [0.25, 0.3) is 11.0 Å². The highest BCUT2D eigenvalue weighted by Gasteiger charge is 2.75. The molecule has 0 bridgehead atoms. The summed E-state index contributed by atoms with van der Waals surface area (Å²) in [6.07, 6.45) is -2.38. The van der Waals surface area contributed by atoms with Crippen molar-refractivity contribution in [2.24, 2.45) is 0 Å². The molecule has 4 atom stereocenters. The fourth-order valence-corrected chi connectivity index (χ4v) is 4.13. The van der Waals surface area contributed by atoms with Gasteiger partial charge in [0.1, 0.15) is 5.52 Å². The summed E-state index contributed by atoms with van der Waals surface area (Å²) in [5.41, 5.74) is -12.5. The first-order chi connectivity index (χ1) is 15.8. The fraction of sp³-hybridized carbons (Fsp3) is 0.444. The van der Waals surface area contributed by atoms with Gasteiger partial charge in [0.2, 0.25) is 11.2 Å². The maximum absolute atomic E-state index is 14.3. The van der Waals surface area contributed by atoms with E-state index >= 15 is 0 Å². The molecule has 1 aromatic heterocycles. The lowest BCUT2D eigenvalue weighted by atomic mass is 9.63. The summed E-state index contributed by atoms with van der Waals surface area (Å²) in [7, 11) is 0. The van der Waals surface area contributed by atoms with Crippen molar-refractivity contribution >= 4 is 44.3 Å². The summed E-state index contributed by atoms with van der Waals surface area (Å²) < 4.78 is 69.3. The molecule has 1 unspecified atom stereocenters. The summed E-state index contributed by atoms with van der Waals surface area (Å²) in [4.78, 5) is 41.6. The third-order valence-electron chi connectivity index (χ3n) is 5.26. The van der Waals surface area contributed by atoms with Crippen LogP contribution >= 0.6 is 15.9 Å². The first-order valence-corrected chi connectivity index (χ1v) is 9.04. The largest absolute Gasteiger partial charge is 0.376 e. The highest BCUT2D eigenvalue weighted by atomic mass is 79.9. The molecule has 0 aliphatic carbocycles. The zero-order valence-corrected chi connectivity index (χ0v) is 17.0. The predicted octanol–water partition coefficient (Wildman–Crippen LogP) is 0.705. The highest BCUT2D eigenvalue weighted by Crippen LogP contribution is 2.49. The minimum Gasteiger partial charge on any atom is -0.376 e. The van der Waals surface area contributed by atoms with Gasteiger partial charge in [-0.05, 0) is 36.6 Å². The van der Waals surface area contributed by atoms with Crippen molar-refractivity contribution in [1.29, 1.82) is 0 Å². The van der Waals surface area contributed by atoms with Gasteiger partial charge in [0, 0.05) is 10.2 Å². The van der Waals surface area contributed by atoms with Crippen LogP contribution in [0.4, 0.5) is 13.2 Å². The average molecular weight is 512 g/mol. The van der Waals surface area contributed by atoms with Crippen LogP contribution < -0.4 is 0 Å². The van der Waals surface area contributed by atoms with Gasteiger partial charge in [-0.25, -0.2) is 18.2 Å². The Morgan fingerprint density at radius 2 is 1.77 bits per heavy atom. The Labute approximate surface area is 184 Å². The van der Waals surface area contributed by atoms with E-state index in [2.05, 4.69) is 20.9 Å². The third kappa shape index (κ3) is 2.77. The van der Waals surface area contributed by atoms with Crippen molar-refractivity contribution in [2.75, 3.05) is 6.61 Å². The number of halogens is 4. The second kappa shape index (κ2) is 7.17. The SMILES string of the molecule is [2H]CC(=O)[C@@]1(O)[C@@](O)(C(=O)C[2H])COC(n2c(Br)nc3c(F)c(F)c(F)cc32)[C@@]1(O)C(=O)C[2H]. The number of hydrogen-bond donors (Lipinski definition) is 3. The Morgan fingerprint density at radius 1 is 1.16 bits per heavy atom. The summed E-state index contributed by atoms with van der Waals surface area (Å²) >= 11 is 2.84. The van der Waals surface area contributed by atoms with Crippen molar-refractivity contribution in [3.8, 4) is 0 Å². The van der Waals surface area contributed by atoms with Crippen molar-refractivity contribution in [3.63, 3.8) is 0 Å². The van der Waals surface area contributed by atoms with Gasteiger partial charge in [0.15, 0.2) is 51.4 Å². The van der Waals surface area contributed by atoms with Crippen LogP contribution in [0.15, 0.2) is 10.8 Å². The molecule has 1 aliphatic heterocycles. The van der Waals surface area contributed by atoms with Crippen LogP contribution in [0.5, 0.6) is 0 Å². The Hall–Kier alpha value is -2.19. The Balaban J connectivity index is 2.43. The number of aliphatic hydroxyl groups is 3. The topological polar surface area (TPSA) is 139 Å². The molecule has 168 valence electrons. The minimum absolute atomic E-state index is 0.404. The standard InChI is InChI=1S/C18H16BrF3N2O7/c1-6(25)16(28)5-31-14(17(29,7(2)26)18(16,30)8(3)27)24-10-4-9(20)11(21)12(22)13(10)23-15(24)19/h4,14,28-30H,5H2,1-3H3/t14?,16-,17-,18+/m0/s1/i1D,2D,3D. The molecule has 13 heteroatoms. The van der Waals surface area contributed by atoms with E-state index in [1.807, 2.05) is 0 Å². The molecule has 1 aliphatic rings. The Bertz CT molecular complexity index is 1220. The molecule has 2 aromatic rings. The number of aromatic nitrogens is 2. The van der Waals surface area contributed by atoms with E-state index in [-0.39, 0.29) is 0 Å². The molecule has 2 heterocycles. The molecular weight excluding hydrogens is 493 g/mol. The molecule has 3 rings (SSSR count). The van der Waals surface area contributed by atoms with E-state index < -0.39 is 101 Å². The number of imidazole rings is 1. The van der Waals surface area contributed by atoms with Crippen LogP contribution in [0.2, 0.25) is 0 Å². The first kappa shape index (κ1) is 19.5. The first-order valence-electron chi connectivity index (χ1n) is 10.4. The summed E-state index contributed by atoms with van der Waals surface area (Å²) in [5.74, 6) is -10.4. The highest BCUT2D eigenvalue weighted by molar-refractivity contribution is 9.10. The lowest BCUT2D eigenvalue weighted by molar-refractivity contribution is -0.310. The number of fused-ring (bicyclic) bond motifs is 1. The van der Waals surface area contributed by atoms with E-state index in [4.69, 9.17) is 8.85 Å². The third-order valence-corrected chi connectivity index (χ3v) is 5.82. The molecule has 0 radical (unpaired) electrons. The van der Waals surface area contributed by atoms with Gasteiger partial charge in [0.25, 0.3) is 0 Å². The number of nitrogens with zero attached hydrogens (tertiary/aromatic N) is 2. The van der Waals surface area contributed by atoms with Gasteiger partial charge in [0.05, 0.1) is 12.1 Å². The van der Waals surface area contributed by atoms with E-state index in [1.165, 1.54) is 0 Å². The zero-order chi connectivity index (χ0) is 25.8. The Morgan fingerprint density at radius 3 is 2.35 bits per heavy atom. The molecular formula is C18H16BrF3N2O7. The monoisotopic (exact) mass is 511 g/mol. The molecule has 0 amide bonds. The number of ketones is 3. The van der Waals surface area contributed by atoms with Crippen molar-refractivity contribution < 1.29 is 51.7 Å². The number of rotatable bonds is 4. The van der Waals surface area contributed by atoms with E-state index in [0.717, 1.165) is 0 Å². The van der Waals surface area contributed by atoms with Gasteiger partial charge < -0.3 is 20.1 Å².